The normalized spacial score (nSPS) is 10.6. The molecule has 5 nitrogen and oxygen atoms in total. The number of aromatic nitrogens is 2. The van der Waals surface area contributed by atoms with E-state index in [1.807, 2.05) is 25.1 Å². The van der Waals surface area contributed by atoms with Gasteiger partial charge in [-0.25, -0.2) is 4.98 Å². The lowest BCUT2D eigenvalue weighted by molar-refractivity contribution is -0.118. The summed E-state index contributed by atoms with van der Waals surface area (Å²) in [5, 5.41) is 4.27. The first kappa shape index (κ1) is 20.3. The summed E-state index contributed by atoms with van der Waals surface area (Å²) in [6, 6.07) is 17.3. The highest BCUT2D eigenvalue weighted by Gasteiger charge is 2.10. The quantitative estimate of drug-likeness (QED) is 0.405. The van der Waals surface area contributed by atoms with Crippen molar-refractivity contribution in [3.05, 3.63) is 76.6 Å². The second-order valence-electron chi connectivity index (χ2n) is 6.22. The number of imidazole rings is 1. The van der Waals surface area contributed by atoms with Gasteiger partial charge in [-0.3, -0.25) is 4.79 Å². The maximum absolute atomic E-state index is 12.0. The van der Waals surface area contributed by atoms with Crippen molar-refractivity contribution in [2.24, 2.45) is 0 Å². The molecular formula is C21H22ClN3O2S. The van der Waals surface area contributed by atoms with Crippen molar-refractivity contribution in [2.45, 2.75) is 18.5 Å². The number of ether oxygens (including phenoxy) is 1. The van der Waals surface area contributed by atoms with Crippen LogP contribution >= 0.6 is 23.4 Å². The van der Waals surface area contributed by atoms with Gasteiger partial charge in [0.15, 0.2) is 5.16 Å². The van der Waals surface area contributed by atoms with Crippen molar-refractivity contribution in [2.75, 3.05) is 18.9 Å². The molecule has 0 saturated heterocycles. The third-order valence-electron chi connectivity index (χ3n) is 4.02. The second kappa shape index (κ2) is 10.2. The summed E-state index contributed by atoms with van der Waals surface area (Å²) in [6.45, 7) is 2.85. The van der Waals surface area contributed by atoms with E-state index in [0.717, 1.165) is 28.7 Å². The molecule has 0 spiro atoms. The Kier molecular flexibility index (Phi) is 7.39. The van der Waals surface area contributed by atoms with E-state index < -0.39 is 0 Å². The maximum atomic E-state index is 12.0. The summed E-state index contributed by atoms with van der Waals surface area (Å²) in [4.78, 5) is 19.9. The standard InChI is InChI=1S/C21H22ClN3O2S/c1-15-19(13-16-5-3-2-4-6-16)25-21(24-15)28-14-20(26)23-11-12-27-18-9-7-17(22)8-10-18/h2-10H,11-14H2,1H3,(H,23,26)(H,24,25). The van der Waals surface area contributed by atoms with Gasteiger partial charge in [0.05, 0.1) is 18.0 Å². The summed E-state index contributed by atoms with van der Waals surface area (Å²) in [5.41, 5.74) is 3.25. The van der Waals surface area contributed by atoms with Crippen LogP contribution in [-0.2, 0) is 11.2 Å². The van der Waals surface area contributed by atoms with Crippen LogP contribution in [0.5, 0.6) is 5.75 Å². The van der Waals surface area contributed by atoms with Gasteiger partial charge in [0.25, 0.3) is 0 Å². The van der Waals surface area contributed by atoms with Crippen molar-refractivity contribution < 1.29 is 9.53 Å². The number of halogens is 1. The van der Waals surface area contributed by atoms with E-state index in [1.165, 1.54) is 17.3 Å². The topological polar surface area (TPSA) is 67.0 Å². The number of rotatable bonds is 9. The molecule has 7 heteroatoms. The average Bonchev–Trinajstić information content (AvgIpc) is 3.05. The van der Waals surface area contributed by atoms with Crippen molar-refractivity contribution >= 4 is 29.3 Å². The van der Waals surface area contributed by atoms with Gasteiger partial charge in [0.1, 0.15) is 12.4 Å². The number of amides is 1. The highest BCUT2D eigenvalue weighted by atomic mass is 35.5. The molecule has 0 unspecified atom stereocenters. The molecule has 3 aromatic rings. The van der Waals surface area contributed by atoms with Gasteiger partial charge in [0, 0.05) is 17.1 Å². The minimum Gasteiger partial charge on any atom is -0.492 e. The first-order valence-corrected chi connectivity index (χ1v) is 10.3. The van der Waals surface area contributed by atoms with Gasteiger partial charge in [-0.1, -0.05) is 53.7 Å². The van der Waals surface area contributed by atoms with Crippen molar-refractivity contribution in [3.8, 4) is 5.75 Å². The predicted octanol–water partition coefficient (Wildman–Crippen LogP) is 4.25. The molecule has 1 aromatic heterocycles. The number of aryl methyl sites for hydroxylation is 1. The third-order valence-corrected chi connectivity index (χ3v) is 5.15. The van der Waals surface area contributed by atoms with Crippen LogP contribution in [0.2, 0.25) is 5.02 Å². The molecule has 1 amide bonds. The Balaban J connectivity index is 1.38. The lowest BCUT2D eigenvalue weighted by Gasteiger charge is -2.07. The first-order chi connectivity index (χ1) is 13.6. The summed E-state index contributed by atoms with van der Waals surface area (Å²) < 4.78 is 5.55. The average molecular weight is 416 g/mol. The van der Waals surface area contributed by atoms with Crippen molar-refractivity contribution in [3.63, 3.8) is 0 Å². The van der Waals surface area contributed by atoms with Crippen LogP contribution in [-0.4, -0.2) is 34.8 Å². The van der Waals surface area contributed by atoms with Crippen LogP contribution in [0.15, 0.2) is 59.8 Å². The summed E-state index contributed by atoms with van der Waals surface area (Å²) >= 11 is 7.22. The molecule has 3 rings (SSSR count). The Morgan fingerprint density at radius 2 is 1.93 bits per heavy atom. The predicted molar refractivity (Wildman–Crippen MR) is 113 cm³/mol. The zero-order valence-corrected chi connectivity index (χ0v) is 17.1. The van der Waals surface area contributed by atoms with E-state index in [2.05, 4.69) is 27.4 Å². The van der Waals surface area contributed by atoms with Gasteiger partial charge in [-0.15, -0.1) is 0 Å². The number of carbonyl (C=O) groups is 1. The zero-order valence-electron chi connectivity index (χ0n) is 15.6. The zero-order chi connectivity index (χ0) is 19.8. The van der Waals surface area contributed by atoms with Crippen LogP contribution in [0.4, 0.5) is 0 Å². The molecule has 28 heavy (non-hydrogen) atoms. The Bertz CT molecular complexity index is 898. The van der Waals surface area contributed by atoms with E-state index in [-0.39, 0.29) is 5.91 Å². The molecule has 0 saturated carbocycles. The first-order valence-electron chi connectivity index (χ1n) is 8.97. The Labute approximate surface area is 173 Å². The molecule has 0 aliphatic rings. The number of aromatic amines is 1. The summed E-state index contributed by atoms with van der Waals surface area (Å²) in [6.07, 6.45) is 0.776. The van der Waals surface area contributed by atoms with E-state index in [4.69, 9.17) is 16.3 Å². The van der Waals surface area contributed by atoms with Crippen LogP contribution in [0.3, 0.4) is 0 Å². The lowest BCUT2D eigenvalue weighted by atomic mass is 10.1. The fourth-order valence-electron chi connectivity index (χ4n) is 2.57. The molecule has 146 valence electrons. The van der Waals surface area contributed by atoms with Crippen LogP contribution in [0, 0.1) is 6.92 Å². The van der Waals surface area contributed by atoms with E-state index in [1.54, 1.807) is 24.3 Å². The number of hydrogen-bond donors (Lipinski definition) is 2. The van der Waals surface area contributed by atoms with Gasteiger partial charge < -0.3 is 15.0 Å². The fourth-order valence-corrected chi connectivity index (χ4v) is 3.47. The molecular weight excluding hydrogens is 394 g/mol. The highest BCUT2D eigenvalue weighted by Crippen LogP contribution is 2.19. The molecule has 0 fully saturated rings. The van der Waals surface area contributed by atoms with E-state index >= 15 is 0 Å². The number of hydrogen-bond acceptors (Lipinski definition) is 4. The molecule has 1 heterocycles. The molecule has 0 aliphatic carbocycles. The SMILES string of the molecule is Cc1[nH]c(SCC(=O)NCCOc2ccc(Cl)cc2)nc1Cc1ccccc1. The van der Waals surface area contributed by atoms with Gasteiger partial charge in [-0.2, -0.15) is 0 Å². The van der Waals surface area contributed by atoms with Crippen LogP contribution in [0.1, 0.15) is 17.0 Å². The second-order valence-corrected chi connectivity index (χ2v) is 7.62. The lowest BCUT2D eigenvalue weighted by Crippen LogP contribution is -2.29. The minimum atomic E-state index is -0.0524. The van der Waals surface area contributed by atoms with Gasteiger partial charge >= 0.3 is 0 Å². The number of benzene rings is 2. The van der Waals surface area contributed by atoms with Crippen LogP contribution < -0.4 is 10.1 Å². The van der Waals surface area contributed by atoms with Crippen LogP contribution in [0.25, 0.3) is 0 Å². The number of thioether (sulfide) groups is 1. The summed E-state index contributed by atoms with van der Waals surface area (Å²) in [7, 11) is 0. The van der Waals surface area contributed by atoms with Crippen molar-refractivity contribution in [1.29, 1.82) is 0 Å². The van der Waals surface area contributed by atoms with Gasteiger partial charge in [0.2, 0.25) is 5.91 Å². The number of carbonyl (C=O) groups excluding carboxylic acids is 1. The third kappa shape index (κ3) is 6.32. The number of nitrogens with zero attached hydrogens (tertiary/aromatic N) is 1. The molecule has 0 radical (unpaired) electrons. The van der Waals surface area contributed by atoms with E-state index in [9.17, 15) is 4.79 Å². The summed E-state index contributed by atoms with van der Waals surface area (Å²) in [5.74, 6) is 0.979. The van der Waals surface area contributed by atoms with Crippen molar-refractivity contribution in [1.82, 2.24) is 15.3 Å². The number of H-pyrrole nitrogens is 1. The molecule has 0 bridgehead atoms. The monoisotopic (exact) mass is 415 g/mol. The Morgan fingerprint density at radius 3 is 2.68 bits per heavy atom. The molecule has 2 N–H and O–H groups in total. The highest BCUT2D eigenvalue weighted by molar-refractivity contribution is 7.99. The minimum absolute atomic E-state index is 0.0524. The molecule has 2 aromatic carbocycles. The number of nitrogens with one attached hydrogen (secondary N) is 2. The smallest absolute Gasteiger partial charge is 0.230 e. The Hall–Kier alpha value is -2.44. The fraction of sp³-hybridized carbons (Fsp3) is 0.238. The largest absolute Gasteiger partial charge is 0.492 e. The molecule has 0 aliphatic heterocycles. The van der Waals surface area contributed by atoms with E-state index in [0.29, 0.717) is 23.9 Å². The Morgan fingerprint density at radius 1 is 1.18 bits per heavy atom. The maximum Gasteiger partial charge on any atom is 0.230 e. The van der Waals surface area contributed by atoms with Gasteiger partial charge in [-0.05, 0) is 36.8 Å². The molecule has 0 atom stereocenters.